The van der Waals surface area contributed by atoms with Crippen LogP contribution >= 0.6 is 0 Å². The van der Waals surface area contributed by atoms with Crippen LogP contribution in [0.15, 0.2) is 16.8 Å². The van der Waals surface area contributed by atoms with Crippen LogP contribution in [0.1, 0.15) is 37.4 Å². The third-order valence-corrected chi connectivity index (χ3v) is 3.56. The number of aryl methyl sites for hydroxylation is 1. The molecule has 0 aliphatic carbocycles. The molecule has 2 rings (SSSR count). The van der Waals surface area contributed by atoms with Gasteiger partial charge in [-0.2, -0.15) is 4.98 Å². The lowest BCUT2D eigenvalue weighted by Gasteiger charge is -2.08. The predicted molar refractivity (Wildman–Crippen MR) is 108 cm³/mol. The van der Waals surface area contributed by atoms with Gasteiger partial charge in [0, 0.05) is 25.6 Å². The van der Waals surface area contributed by atoms with Gasteiger partial charge in [-0.1, -0.05) is 23.9 Å². The van der Waals surface area contributed by atoms with Crippen molar-refractivity contribution in [2.45, 2.75) is 33.1 Å². The quantitative estimate of drug-likeness (QED) is 0.361. The molecule has 0 aliphatic rings. The Morgan fingerprint density at radius 3 is 2.89 bits per heavy atom. The van der Waals surface area contributed by atoms with Crippen LogP contribution in [0.3, 0.4) is 0 Å². The lowest BCUT2D eigenvalue weighted by molar-refractivity contribution is -0.120. The standard InChI is InChI=1S/C19H27N7O2/c1-4-9-22-18-15(8-6-5-7-10-21-16(27)13-20-3)12-23-19(25-18)24-17-11-14(2)26-28-17/h11-12,20H,4-5,7,9-10,13H2,1-3H3,(H,21,27)(H2,22,23,24,25). The maximum absolute atomic E-state index is 11.4. The Kier molecular flexibility index (Phi) is 8.75. The van der Waals surface area contributed by atoms with Gasteiger partial charge in [-0.05, 0) is 26.8 Å². The highest BCUT2D eigenvalue weighted by Crippen LogP contribution is 2.17. The van der Waals surface area contributed by atoms with Crippen molar-refractivity contribution in [3.8, 4) is 11.8 Å². The number of nitrogens with zero attached hydrogens (tertiary/aromatic N) is 3. The molecule has 2 aromatic heterocycles. The molecular formula is C19H27N7O2. The summed E-state index contributed by atoms with van der Waals surface area (Å²) in [6.07, 6.45) is 4.10. The van der Waals surface area contributed by atoms with E-state index in [9.17, 15) is 4.79 Å². The molecule has 0 saturated heterocycles. The highest BCUT2D eigenvalue weighted by Gasteiger charge is 2.08. The number of carbonyl (C=O) groups is 1. The van der Waals surface area contributed by atoms with Gasteiger partial charge in [0.05, 0.1) is 24.0 Å². The zero-order valence-corrected chi connectivity index (χ0v) is 16.6. The highest BCUT2D eigenvalue weighted by molar-refractivity contribution is 5.77. The fourth-order valence-electron chi connectivity index (χ4n) is 2.23. The lowest BCUT2D eigenvalue weighted by Crippen LogP contribution is -2.32. The molecule has 1 amide bonds. The maximum atomic E-state index is 11.4. The molecule has 9 nitrogen and oxygen atoms in total. The Bertz CT molecular complexity index is 823. The van der Waals surface area contributed by atoms with Crippen molar-refractivity contribution in [2.75, 3.05) is 37.3 Å². The molecule has 0 saturated carbocycles. The molecule has 0 atom stereocenters. The van der Waals surface area contributed by atoms with Crippen molar-refractivity contribution in [1.82, 2.24) is 25.8 Å². The van der Waals surface area contributed by atoms with Gasteiger partial charge in [0.1, 0.15) is 5.82 Å². The molecule has 0 radical (unpaired) electrons. The molecule has 2 heterocycles. The molecular weight excluding hydrogens is 358 g/mol. The van der Waals surface area contributed by atoms with Crippen molar-refractivity contribution in [3.63, 3.8) is 0 Å². The van der Waals surface area contributed by atoms with E-state index >= 15 is 0 Å². The van der Waals surface area contributed by atoms with Gasteiger partial charge in [0.15, 0.2) is 0 Å². The number of carbonyl (C=O) groups excluding carboxylic acids is 1. The van der Waals surface area contributed by atoms with E-state index in [2.05, 4.69) is 55.2 Å². The third kappa shape index (κ3) is 7.25. The molecule has 28 heavy (non-hydrogen) atoms. The Morgan fingerprint density at radius 1 is 1.32 bits per heavy atom. The molecule has 0 aliphatic heterocycles. The molecule has 2 aromatic rings. The van der Waals surface area contributed by atoms with Crippen LogP contribution in [-0.4, -0.2) is 47.7 Å². The van der Waals surface area contributed by atoms with Gasteiger partial charge in [-0.3, -0.25) is 10.1 Å². The molecule has 9 heteroatoms. The van der Waals surface area contributed by atoms with Gasteiger partial charge < -0.3 is 20.5 Å². The van der Waals surface area contributed by atoms with Crippen molar-refractivity contribution in [1.29, 1.82) is 0 Å². The maximum Gasteiger partial charge on any atom is 0.233 e. The van der Waals surface area contributed by atoms with Crippen LogP contribution in [0.4, 0.5) is 17.7 Å². The van der Waals surface area contributed by atoms with E-state index in [-0.39, 0.29) is 5.91 Å². The number of hydrogen-bond donors (Lipinski definition) is 4. The Balaban J connectivity index is 1.95. The third-order valence-electron chi connectivity index (χ3n) is 3.56. The van der Waals surface area contributed by atoms with Crippen molar-refractivity contribution < 1.29 is 9.32 Å². The van der Waals surface area contributed by atoms with Crippen LogP contribution in [0, 0.1) is 18.8 Å². The minimum absolute atomic E-state index is 0.0139. The summed E-state index contributed by atoms with van der Waals surface area (Å²) in [5.74, 6) is 7.77. The van der Waals surface area contributed by atoms with E-state index in [1.165, 1.54) is 0 Å². The summed E-state index contributed by atoms with van der Waals surface area (Å²) in [7, 11) is 1.74. The first-order valence-corrected chi connectivity index (χ1v) is 9.33. The predicted octanol–water partition coefficient (Wildman–Crippen LogP) is 1.81. The van der Waals surface area contributed by atoms with E-state index in [1.807, 2.05) is 6.92 Å². The minimum atomic E-state index is -0.0139. The molecule has 0 bridgehead atoms. The summed E-state index contributed by atoms with van der Waals surface area (Å²) >= 11 is 0. The summed E-state index contributed by atoms with van der Waals surface area (Å²) in [6.45, 7) is 5.63. The SMILES string of the molecule is CCCNc1nc(Nc2cc(C)no2)ncc1C#CCCCNC(=O)CNC. The first-order chi connectivity index (χ1) is 13.6. The average molecular weight is 385 g/mol. The second-order valence-electron chi connectivity index (χ2n) is 6.13. The summed E-state index contributed by atoms with van der Waals surface area (Å²) in [5, 5.41) is 15.7. The Morgan fingerprint density at radius 2 is 2.18 bits per heavy atom. The topological polar surface area (TPSA) is 117 Å². The number of amides is 1. The summed E-state index contributed by atoms with van der Waals surface area (Å²) in [5.41, 5.74) is 1.50. The van der Waals surface area contributed by atoms with E-state index in [1.54, 1.807) is 19.3 Å². The largest absolute Gasteiger partial charge is 0.369 e. The lowest BCUT2D eigenvalue weighted by atomic mass is 10.2. The fourth-order valence-corrected chi connectivity index (χ4v) is 2.23. The van der Waals surface area contributed by atoms with Gasteiger partial charge >= 0.3 is 0 Å². The van der Waals surface area contributed by atoms with Crippen LogP contribution in [0.2, 0.25) is 0 Å². The van der Waals surface area contributed by atoms with E-state index in [4.69, 9.17) is 4.52 Å². The molecule has 150 valence electrons. The van der Waals surface area contributed by atoms with Crippen LogP contribution in [-0.2, 0) is 4.79 Å². The van der Waals surface area contributed by atoms with Crippen LogP contribution < -0.4 is 21.3 Å². The van der Waals surface area contributed by atoms with Gasteiger partial charge in [0.2, 0.25) is 17.7 Å². The molecule has 0 spiro atoms. The van der Waals surface area contributed by atoms with E-state index < -0.39 is 0 Å². The number of rotatable bonds is 10. The smallest absolute Gasteiger partial charge is 0.233 e. The van der Waals surface area contributed by atoms with Crippen molar-refractivity contribution in [3.05, 3.63) is 23.5 Å². The van der Waals surface area contributed by atoms with Gasteiger partial charge in [0.25, 0.3) is 0 Å². The molecule has 0 unspecified atom stereocenters. The number of likely N-dealkylation sites (N-methyl/N-ethyl adjacent to an activating group) is 1. The van der Waals surface area contributed by atoms with Gasteiger partial charge in [-0.25, -0.2) is 4.98 Å². The second-order valence-corrected chi connectivity index (χ2v) is 6.13. The zero-order chi connectivity index (χ0) is 20.2. The zero-order valence-electron chi connectivity index (χ0n) is 16.6. The first-order valence-electron chi connectivity index (χ1n) is 9.33. The fraction of sp³-hybridized carbons (Fsp3) is 0.474. The molecule has 0 aromatic carbocycles. The summed E-state index contributed by atoms with van der Waals surface area (Å²) in [6, 6.07) is 1.77. The number of hydrogen-bond acceptors (Lipinski definition) is 8. The summed E-state index contributed by atoms with van der Waals surface area (Å²) in [4.78, 5) is 20.1. The highest BCUT2D eigenvalue weighted by atomic mass is 16.5. The van der Waals surface area contributed by atoms with E-state index in [0.29, 0.717) is 37.2 Å². The van der Waals surface area contributed by atoms with Gasteiger partial charge in [-0.15, -0.1) is 0 Å². The monoisotopic (exact) mass is 385 g/mol. The number of unbranched alkanes of at least 4 members (excludes halogenated alkanes) is 1. The number of aromatic nitrogens is 3. The molecule has 4 N–H and O–H groups in total. The first kappa shape index (κ1) is 21.2. The number of nitrogens with one attached hydrogen (secondary N) is 4. The van der Waals surface area contributed by atoms with Crippen molar-refractivity contribution >= 4 is 23.6 Å². The Labute approximate surface area is 165 Å². The normalized spacial score (nSPS) is 10.1. The van der Waals surface area contributed by atoms with Crippen molar-refractivity contribution in [2.24, 2.45) is 0 Å². The Hall–Kier alpha value is -3.12. The summed E-state index contributed by atoms with van der Waals surface area (Å²) < 4.78 is 5.13. The van der Waals surface area contributed by atoms with Crippen LogP contribution in [0.25, 0.3) is 0 Å². The second kappa shape index (κ2) is 11.6. The number of anilines is 3. The minimum Gasteiger partial charge on any atom is -0.369 e. The molecule has 0 fully saturated rings. The van der Waals surface area contributed by atoms with Crippen LogP contribution in [0.5, 0.6) is 0 Å². The average Bonchev–Trinajstić information content (AvgIpc) is 3.08. The van der Waals surface area contributed by atoms with E-state index in [0.717, 1.165) is 30.6 Å².